The smallest absolute Gasteiger partial charge is 0.337 e. The molecule has 1 aromatic heterocycles. The molecule has 0 unspecified atom stereocenters. The fourth-order valence-electron chi connectivity index (χ4n) is 2.35. The molecule has 1 aromatic rings. The number of hydrogen-bond acceptors (Lipinski definition) is 3. The molecule has 0 aliphatic heterocycles. The van der Waals surface area contributed by atoms with Crippen LogP contribution in [-0.2, 0) is 11.0 Å². The first kappa shape index (κ1) is 15.5. The third-order valence-corrected chi connectivity index (χ3v) is 3.69. The first-order valence-corrected chi connectivity index (χ1v) is 6.61. The van der Waals surface area contributed by atoms with Gasteiger partial charge in [-0.15, -0.1) is 0 Å². The number of nitrogens with zero attached hydrogens (tertiary/aromatic N) is 2. The summed E-state index contributed by atoms with van der Waals surface area (Å²) in [5.41, 5.74) is -0.910. The Morgan fingerprint density at radius 3 is 2.38 bits per heavy atom. The van der Waals surface area contributed by atoms with Gasteiger partial charge in [-0.25, -0.2) is 0 Å². The molecule has 0 aromatic carbocycles. The van der Waals surface area contributed by atoms with Crippen molar-refractivity contribution in [1.82, 2.24) is 9.88 Å². The summed E-state index contributed by atoms with van der Waals surface area (Å²) in [4.78, 5) is 28.4. The highest BCUT2D eigenvalue weighted by Crippen LogP contribution is 2.28. The lowest BCUT2D eigenvalue weighted by Gasteiger charge is -2.30. The number of hydrogen-bond donors (Lipinski definition) is 0. The lowest BCUT2D eigenvalue weighted by Crippen LogP contribution is -2.39. The predicted molar refractivity (Wildman–Crippen MR) is 68.6 cm³/mol. The monoisotopic (exact) mass is 300 g/mol. The van der Waals surface area contributed by atoms with Gasteiger partial charge in [-0.2, -0.15) is 13.2 Å². The van der Waals surface area contributed by atoms with Crippen molar-refractivity contribution < 1.29 is 22.8 Å². The van der Waals surface area contributed by atoms with Gasteiger partial charge in [-0.05, 0) is 25.0 Å². The minimum Gasteiger partial charge on any atom is -0.337 e. The molecule has 0 saturated heterocycles. The maximum Gasteiger partial charge on any atom is 0.417 e. The highest BCUT2D eigenvalue weighted by molar-refractivity contribution is 5.92. The highest BCUT2D eigenvalue weighted by Gasteiger charge is 2.31. The van der Waals surface area contributed by atoms with Gasteiger partial charge < -0.3 is 4.90 Å². The standard InChI is InChI=1S/C14H15F3N2O2/c1-19(10-3-5-11(20)6-4-10)13(21)12-7-2-9(8-18-12)14(15,16)17/h2,7-8,10H,3-6H2,1H3. The Kier molecular flexibility index (Phi) is 4.29. The number of pyridine rings is 1. The number of Topliss-reactive ketones (excluding diaryl/α,β-unsaturated/α-hetero) is 1. The Bertz CT molecular complexity index is 530. The summed E-state index contributed by atoms with van der Waals surface area (Å²) < 4.78 is 37.3. The number of rotatable bonds is 2. The first-order valence-electron chi connectivity index (χ1n) is 6.61. The minimum absolute atomic E-state index is 0.0256. The number of aromatic nitrogens is 1. The molecule has 0 spiro atoms. The zero-order valence-electron chi connectivity index (χ0n) is 11.5. The number of ketones is 1. The molecule has 0 radical (unpaired) electrons. The summed E-state index contributed by atoms with van der Waals surface area (Å²) in [5, 5.41) is 0. The molecule has 0 N–H and O–H groups in total. The van der Waals surface area contributed by atoms with E-state index in [0.29, 0.717) is 31.9 Å². The first-order chi connectivity index (χ1) is 9.79. The minimum atomic E-state index is -4.47. The molecule has 1 aliphatic rings. The van der Waals surface area contributed by atoms with Gasteiger partial charge >= 0.3 is 6.18 Å². The van der Waals surface area contributed by atoms with E-state index < -0.39 is 17.6 Å². The summed E-state index contributed by atoms with van der Waals surface area (Å²) in [6, 6.07) is 1.85. The van der Waals surface area contributed by atoms with E-state index in [1.807, 2.05) is 0 Å². The van der Waals surface area contributed by atoms with Crippen LogP contribution in [0.1, 0.15) is 41.7 Å². The van der Waals surface area contributed by atoms with Gasteiger partial charge in [0.15, 0.2) is 0 Å². The van der Waals surface area contributed by atoms with E-state index in [0.717, 1.165) is 12.1 Å². The molecule has 1 aliphatic carbocycles. The average molecular weight is 300 g/mol. The summed E-state index contributed by atoms with van der Waals surface area (Å²) in [6.45, 7) is 0. The number of carbonyl (C=O) groups excluding carboxylic acids is 2. The second kappa shape index (κ2) is 5.83. The molecule has 1 fully saturated rings. The van der Waals surface area contributed by atoms with Crippen LogP contribution in [0, 0.1) is 0 Å². The summed E-state index contributed by atoms with van der Waals surface area (Å²) >= 11 is 0. The number of amides is 1. The molecule has 0 atom stereocenters. The van der Waals surface area contributed by atoms with E-state index in [1.54, 1.807) is 7.05 Å². The maximum absolute atomic E-state index is 12.4. The molecule has 0 bridgehead atoms. The molecule has 7 heteroatoms. The fraction of sp³-hybridized carbons (Fsp3) is 0.500. The number of carbonyl (C=O) groups is 2. The summed E-state index contributed by atoms with van der Waals surface area (Å²) in [7, 11) is 1.59. The Labute approximate surface area is 120 Å². The molecule has 2 rings (SSSR count). The van der Waals surface area contributed by atoms with Gasteiger partial charge in [0.25, 0.3) is 5.91 Å². The third-order valence-electron chi connectivity index (χ3n) is 3.69. The molecule has 1 amide bonds. The van der Waals surface area contributed by atoms with Gasteiger partial charge in [0.05, 0.1) is 5.56 Å². The predicted octanol–water partition coefficient (Wildman–Crippen LogP) is 2.68. The quantitative estimate of drug-likeness (QED) is 0.843. The van der Waals surface area contributed by atoms with Crippen LogP contribution < -0.4 is 0 Å². The van der Waals surface area contributed by atoms with E-state index in [9.17, 15) is 22.8 Å². The van der Waals surface area contributed by atoms with Gasteiger partial charge in [-0.3, -0.25) is 14.6 Å². The maximum atomic E-state index is 12.4. The molecular weight excluding hydrogens is 285 g/mol. The number of alkyl halides is 3. The Hall–Kier alpha value is -1.92. The van der Waals surface area contributed by atoms with Crippen molar-refractivity contribution in [3.8, 4) is 0 Å². The third kappa shape index (κ3) is 3.59. The van der Waals surface area contributed by atoms with Crippen molar-refractivity contribution in [2.45, 2.75) is 37.9 Å². The Balaban J connectivity index is 2.07. The van der Waals surface area contributed by atoms with Crippen LogP contribution in [0.4, 0.5) is 13.2 Å². The Morgan fingerprint density at radius 1 is 1.29 bits per heavy atom. The van der Waals surface area contributed by atoms with Crippen LogP contribution in [0.25, 0.3) is 0 Å². The van der Waals surface area contributed by atoms with E-state index >= 15 is 0 Å². The van der Waals surface area contributed by atoms with Crippen LogP contribution in [-0.4, -0.2) is 34.7 Å². The number of halogens is 3. The van der Waals surface area contributed by atoms with Crippen molar-refractivity contribution in [2.24, 2.45) is 0 Å². The normalized spacial score (nSPS) is 16.9. The van der Waals surface area contributed by atoms with Gasteiger partial charge in [0.2, 0.25) is 0 Å². The van der Waals surface area contributed by atoms with E-state index in [-0.39, 0.29) is 17.5 Å². The van der Waals surface area contributed by atoms with Crippen molar-refractivity contribution in [3.05, 3.63) is 29.6 Å². The molecular formula is C14H15F3N2O2. The van der Waals surface area contributed by atoms with Crippen LogP contribution in [0.3, 0.4) is 0 Å². The fourth-order valence-corrected chi connectivity index (χ4v) is 2.35. The van der Waals surface area contributed by atoms with Crippen LogP contribution in [0.5, 0.6) is 0 Å². The van der Waals surface area contributed by atoms with Crippen LogP contribution >= 0.6 is 0 Å². The van der Waals surface area contributed by atoms with Crippen LogP contribution in [0.15, 0.2) is 18.3 Å². The van der Waals surface area contributed by atoms with Crippen molar-refractivity contribution in [1.29, 1.82) is 0 Å². The van der Waals surface area contributed by atoms with Crippen LogP contribution in [0.2, 0.25) is 0 Å². The van der Waals surface area contributed by atoms with Crippen molar-refractivity contribution in [3.63, 3.8) is 0 Å². The second-order valence-corrected chi connectivity index (χ2v) is 5.12. The summed E-state index contributed by atoms with van der Waals surface area (Å²) in [6.07, 6.45) is -1.77. The Morgan fingerprint density at radius 2 is 1.90 bits per heavy atom. The van der Waals surface area contributed by atoms with Crippen molar-refractivity contribution >= 4 is 11.7 Å². The molecule has 4 nitrogen and oxygen atoms in total. The van der Waals surface area contributed by atoms with Gasteiger partial charge in [0.1, 0.15) is 11.5 Å². The zero-order valence-corrected chi connectivity index (χ0v) is 11.5. The van der Waals surface area contributed by atoms with E-state index in [4.69, 9.17) is 0 Å². The molecule has 21 heavy (non-hydrogen) atoms. The summed E-state index contributed by atoms with van der Waals surface area (Å²) in [5.74, 6) is -0.247. The van der Waals surface area contributed by atoms with Crippen molar-refractivity contribution in [2.75, 3.05) is 7.05 Å². The van der Waals surface area contributed by atoms with Gasteiger partial charge in [-0.1, -0.05) is 0 Å². The largest absolute Gasteiger partial charge is 0.417 e. The lowest BCUT2D eigenvalue weighted by atomic mass is 9.93. The SMILES string of the molecule is CN(C(=O)c1ccc(C(F)(F)F)cn1)C1CCC(=O)CC1. The molecule has 1 saturated carbocycles. The topological polar surface area (TPSA) is 50.3 Å². The average Bonchev–Trinajstić information content (AvgIpc) is 2.46. The molecule has 114 valence electrons. The van der Waals surface area contributed by atoms with Gasteiger partial charge in [0, 0.05) is 32.1 Å². The molecule has 1 heterocycles. The van der Waals surface area contributed by atoms with E-state index in [1.165, 1.54) is 4.90 Å². The van der Waals surface area contributed by atoms with E-state index in [2.05, 4.69) is 4.98 Å². The highest BCUT2D eigenvalue weighted by atomic mass is 19.4. The second-order valence-electron chi connectivity index (χ2n) is 5.12. The lowest BCUT2D eigenvalue weighted by molar-refractivity contribution is -0.137. The zero-order chi connectivity index (χ0) is 15.6.